The maximum absolute atomic E-state index is 5.32. The molecule has 0 heterocycles. The highest BCUT2D eigenvalue weighted by atomic mass is 32.2. The summed E-state index contributed by atoms with van der Waals surface area (Å²) >= 11 is 1.74. The molecule has 0 spiro atoms. The van der Waals surface area contributed by atoms with Gasteiger partial charge in [-0.2, -0.15) is 0 Å². The maximum atomic E-state index is 5.32. The third-order valence-electron chi connectivity index (χ3n) is 3.49. The van der Waals surface area contributed by atoms with Gasteiger partial charge in [0.2, 0.25) is 0 Å². The van der Waals surface area contributed by atoms with E-state index in [1.165, 1.54) is 10.5 Å². The summed E-state index contributed by atoms with van der Waals surface area (Å²) in [5.41, 5.74) is 2.07. The van der Waals surface area contributed by atoms with Gasteiger partial charge in [0.1, 0.15) is 0 Å². The molecule has 2 N–H and O–H groups in total. The second-order valence-electron chi connectivity index (χ2n) is 4.97. The number of benzene rings is 2. The summed E-state index contributed by atoms with van der Waals surface area (Å²) in [7, 11) is 4.98. The molecule has 0 aliphatic rings. The van der Waals surface area contributed by atoms with Gasteiger partial charge < -0.3 is 20.1 Å². The molecule has 0 amide bonds. The molecule has 0 bridgehead atoms. The lowest BCUT2D eigenvalue weighted by molar-refractivity contribution is 0.355. The first kappa shape index (κ1) is 18.0. The summed E-state index contributed by atoms with van der Waals surface area (Å²) < 4.78 is 10.6. The average Bonchev–Trinajstić information content (AvgIpc) is 2.65. The molecule has 2 rings (SSSR count). The molecule has 0 saturated carbocycles. The second kappa shape index (κ2) is 9.08. The highest BCUT2D eigenvalue weighted by Gasteiger charge is 2.06. The van der Waals surface area contributed by atoms with Gasteiger partial charge in [-0.05, 0) is 36.1 Å². The summed E-state index contributed by atoms with van der Waals surface area (Å²) in [6.45, 7) is 0.696. The first-order valence-electron chi connectivity index (χ1n) is 7.52. The van der Waals surface area contributed by atoms with Gasteiger partial charge in [0.25, 0.3) is 0 Å². The molecule has 0 atom stereocenters. The third kappa shape index (κ3) is 4.83. The number of rotatable bonds is 6. The number of ether oxygens (including phenoxy) is 2. The Labute approximate surface area is 147 Å². The minimum Gasteiger partial charge on any atom is -0.493 e. The van der Waals surface area contributed by atoms with Crippen LogP contribution in [-0.4, -0.2) is 33.5 Å². The number of guanidine groups is 1. The minimum atomic E-state index is 0.672. The predicted molar refractivity (Wildman–Crippen MR) is 102 cm³/mol. The van der Waals surface area contributed by atoms with E-state index in [-0.39, 0.29) is 0 Å². The van der Waals surface area contributed by atoms with Gasteiger partial charge >= 0.3 is 0 Å². The largest absolute Gasteiger partial charge is 0.493 e. The van der Waals surface area contributed by atoms with Crippen LogP contribution >= 0.6 is 11.8 Å². The van der Waals surface area contributed by atoms with Gasteiger partial charge in [-0.1, -0.05) is 12.1 Å². The molecule has 128 valence electrons. The van der Waals surface area contributed by atoms with E-state index in [1.807, 2.05) is 18.2 Å². The molecule has 2 aromatic rings. The summed E-state index contributed by atoms with van der Waals surface area (Å²) in [6.07, 6.45) is 2.07. The number of nitrogens with zero attached hydrogens (tertiary/aromatic N) is 1. The second-order valence-corrected chi connectivity index (χ2v) is 5.85. The fourth-order valence-electron chi connectivity index (χ4n) is 2.16. The normalized spacial score (nSPS) is 11.1. The summed E-state index contributed by atoms with van der Waals surface area (Å²) in [5, 5.41) is 6.54. The van der Waals surface area contributed by atoms with E-state index < -0.39 is 0 Å². The topological polar surface area (TPSA) is 54.9 Å². The Kier molecular flexibility index (Phi) is 6.81. The van der Waals surface area contributed by atoms with E-state index in [0.717, 1.165) is 5.69 Å². The number of thioether (sulfide) groups is 1. The van der Waals surface area contributed by atoms with Crippen molar-refractivity contribution in [1.82, 2.24) is 5.32 Å². The number of anilines is 1. The van der Waals surface area contributed by atoms with Crippen molar-refractivity contribution in [2.24, 2.45) is 4.99 Å². The van der Waals surface area contributed by atoms with E-state index in [4.69, 9.17) is 9.47 Å². The number of nitrogens with one attached hydrogen (secondary N) is 2. The van der Waals surface area contributed by atoms with Crippen LogP contribution in [0.15, 0.2) is 52.4 Å². The van der Waals surface area contributed by atoms with Gasteiger partial charge in [0.15, 0.2) is 17.5 Å². The maximum Gasteiger partial charge on any atom is 0.195 e. The minimum absolute atomic E-state index is 0.672. The van der Waals surface area contributed by atoms with Gasteiger partial charge in [0.05, 0.1) is 14.2 Å². The highest BCUT2D eigenvalue weighted by Crippen LogP contribution is 2.29. The van der Waals surface area contributed by atoms with E-state index in [2.05, 4.69) is 46.1 Å². The summed E-state index contributed by atoms with van der Waals surface area (Å²) in [4.78, 5) is 5.50. The Morgan fingerprint density at radius 2 is 1.75 bits per heavy atom. The zero-order valence-electron chi connectivity index (χ0n) is 14.4. The Bertz CT molecular complexity index is 687. The number of aliphatic imine (C=N–C) groups is 1. The van der Waals surface area contributed by atoms with Crippen LogP contribution in [-0.2, 0) is 6.54 Å². The zero-order chi connectivity index (χ0) is 17.4. The van der Waals surface area contributed by atoms with E-state index >= 15 is 0 Å². The van der Waals surface area contributed by atoms with Crippen LogP contribution in [0.1, 0.15) is 5.56 Å². The molecule has 2 aromatic carbocycles. The molecule has 0 radical (unpaired) electrons. The number of hydrogen-bond donors (Lipinski definition) is 2. The van der Waals surface area contributed by atoms with Crippen LogP contribution in [0.5, 0.6) is 11.5 Å². The van der Waals surface area contributed by atoms with Crippen LogP contribution < -0.4 is 20.1 Å². The Morgan fingerprint density at radius 3 is 2.33 bits per heavy atom. The molecule has 6 heteroatoms. The zero-order valence-corrected chi connectivity index (χ0v) is 15.2. The summed E-state index contributed by atoms with van der Waals surface area (Å²) in [6, 6.07) is 14.1. The van der Waals surface area contributed by atoms with Crippen LogP contribution in [0.25, 0.3) is 0 Å². The molecule has 0 aromatic heterocycles. The third-order valence-corrected chi connectivity index (χ3v) is 4.23. The van der Waals surface area contributed by atoms with Crippen LogP contribution in [0, 0.1) is 0 Å². The van der Waals surface area contributed by atoms with E-state index in [1.54, 1.807) is 33.0 Å². The predicted octanol–water partition coefficient (Wildman–Crippen LogP) is 3.61. The number of hydrogen-bond acceptors (Lipinski definition) is 4. The van der Waals surface area contributed by atoms with Crippen molar-refractivity contribution < 1.29 is 9.47 Å². The molecular weight excluding hydrogens is 322 g/mol. The van der Waals surface area contributed by atoms with Crippen molar-refractivity contribution in [3.05, 3.63) is 48.0 Å². The van der Waals surface area contributed by atoms with Crippen molar-refractivity contribution in [3.8, 4) is 11.5 Å². The fourth-order valence-corrected chi connectivity index (χ4v) is 2.57. The number of methoxy groups -OCH3 is 2. The van der Waals surface area contributed by atoms with Crippen LogP contribution in [0.3, 0.4) is 0 Å². The Hall–Kier alpha value is -2.34. The lowest BCUT2D eigenvalue weighted by Crippen LogP contribution is -2.30. The molecule has 0 aliphatic heterocycles. The van der Waals surface area contributed by atoms with E-state index in [9.17, 15) is 0 Å². The molecule has 0 aliphatic carbocycles. The monoisotopic (exact) mass is 345 g/mol. The van der Waals surface area contributed by atoms with Crippen molar-refractivity contribution >= 4 is 23.4 Å². The van der Waals surface area contributed by atoms with Crippen molar-refractivity contribution in [2.45, 2.75) is 11.4 Å². The van der Waals surface area contributed by atoms with E-state index in [0.29, 0.717) is 24.0 Å². The van der Waals surface area contributed by atoms with Crippen molar-refractivity contribution in [2.75, 3.05) is 32.8 Å². The molecule has 0 unspecified atom stereocenters. The Morgan fingerprint density at radius 1 is 1.04 bits per heavy atom. The summed E-state index contributed by atoms with van der Waals surface area (Å²) in [5.74, 6) is 2.06. The smallest absolute Gasteiger partial charge is 0.195 e. The average molecular weight is 345 g/mol. The first-order valence-corrected chi connectivity index (χ1v) is 8.75. The molecule has 0 fully saturated rings. The van der Waals surface area contributed by atoms with Gasteiger partial charge in [0, 0.05) is 30.2 Å². The van der Waals surface area contributed by atoms with Crippen LogP contribution in [0.2, 0.25) is 0 Å². The quantitative estimate of drug-likeness (QED) is 0.476. The molecule has 0 saturated heterocycles. The molecular formula is C18H23N3O2S. The lowest BCUT2D eigenvalue weighted by atomic mass is 10.2. The SMILES string of the molecule is CN=C(NCc1ccc(SC)cc1)Nc1ccc(OC)c(OC)c1. The van der Waals surface area contributed by atoms with Crippen molar-refractivity contribution in [3.63, 3.8) is 0 Å². The Balaban J connectivity index is 1.99. The molecule has 5 nitrogen and oxygen atoms in total. The standard InChI is InChI=1S/C18H23N3O2S/c1-19-18(20-12-13-5-8-15(24-4)9-6-13)21-14-7-10-16(22-2)17(11-14)23-3/h5-11H,12H2,1-4H3,(H2,19,20,21). The molecule has 24 heavy (non-hydrogen) atoms. The van der Waals surface area contributed by atoms with Crippen molar-refractivity contribution in [1.29, 1.82) is 0 Å². The highest BCUT2D eigenvalue weighted by molar-refractivity contribution is 7.98. The van der Waals surface area contributed by atoms with Crippen LogP contribution in [0.4, 0.5) is 5.69 Å². The van der Waals surface area contributed by atoms with Gasteiger partial charge in [-0.25, -0.2) is 0 Å². The fraction of sp³-hybridized carbons (Fsp3) is 0.278. The van der Waals surface area contributed by atoms with Gasteiger partial charge in [-0.3, -0.25) is 4.99 Å². The van der Waals surface area contributed by atoms with Gasteiger partial charge in [-0.15, -0.1) is 11.8 Å². The lowest BCUT2D eigenvalue weighted by Gasteiger charge is -2.14. The first-order chi connectivity index (χ1) is 11.7.